The highest BCUT2D eigenvalue weighted by atomic mass is 35.5. The fourth-order valence-electron chi connectivity index (χ4n) is 2.40. The standard InChI is InChI=1S/C18H16ClNO/c19-11-10-17(14-6-2-1-3-7-14)21-18-13-20-12-15-8-4-5-9-16(15)18/h1-9,12-13,17H,10-11H2/t17-/m0/s1. The zero-order valence-corrected chi connectivity index (χ0v) is 12.3. The number of hydrogen-bond donors (Lipinski definition) is 0. The Hall–Kier alpha value is -2.06. The molecule has 0 saturated heterocycles. The van der Waals surface area contributed by atoms with Gasteiger partial charge in [0.15, 0.2) is 0 Å². The summed E-state index contributed by atoms with van der Waals surface area (Å²) in [5.74, 6) is 1.35. The molecule has 1 heterocycles. The van der Waals surface area contributed by atoms with Crippen molar-refractivity contribution in [3.63, 3.8) is 0 Å². The molecule has 1 aromatic heterocycles. The van der Waals surface area contributed by atoms with Crippen molar-refractivity contribution >= 4 is 22.4 Å². The van der Waals surface area contributed by atoms with E-state index in [0.29, 0.717) is 5.88 Å². The van der Waals surface area contributed by atoms with Crippen molar-refractivity contribution in [2.45, 2.75) is 12.5 Å². The topological polar surface area (TPSA) is 22.1 Å². The summed E-state index contributed by atoms with van der Waals surface area (Å²) < 4.78 is 6.21. The van der Waals surface area contributed by atoms with Crippen molar-refractivity contribution in [3.8, 4) is 5.75 Å². The lowest BCUT2D eigenvalue weighted by Gasteiger charge is -2.19. The number of rotatable bonds is 5. The molecular weight excluding hydrogens is 282 g/mol. The monoisotopic (exact) mass is 297 g/mol. The molecule has 0 radical (unpaired) electrons. The second-order valence-electron chi connectivity index (χ2n) is 4.85. The number of alkyl halides is 1. The van der Waals surface area contributed by atoms with Crippen molar-refractivity contribution in [1.29, 1.82) is 0 Å². The van der Waals surface area contributed by atoms with E-state index in [-0.39, 0.29) is 6.10 Å². The van der Waals surface area contributed by atoms with Gasteiger partial charge in [-0.2, -0.15) is 0 Å². The van der Waals surface area contributed by atoms with E-state index in [1.807, 2.05) is 42.6 Å². The molecule has 0 unspecified atom stereocenters. The normalized spacial score (nSPS) is 12.2. The minimum absolute atomic E-state index is 0.0590. The number of ether oxygens (including phenoxy) is 1. The Morgan fingerprint density at radius 1 is 0.952 bits per heavy atom. The molecule has 106 valence electrons. The number of aromatic nitrogens is 1. The van der Waals surface area contributed by atoms with E-state index in [1.165, 1.54) is 0 Å². The minimum Gasteiger partial charge on any atom is -0.483 e. The molecule has 3 aromatic rings. The molecule has 0 saturated carbocycles. The Morgan fingerprint density at radius 3 is 2.52 bits per heavy atom. The zero-order valence-electron chi connectivity index (χ0n) is 11.6. The molecule has 3 rings (SSSR count). The van der Waals surface area contributed by atoms with Crippen LogP contribution in [0.4, 0.5) is 0 Å². The quantitative estimate of drug-likeness (QED) is 0.619. The first-order chi connectivity index (χ1) is 10.4. The van der Waals surface area contributed by atoms with Crippen LogP contribution >= 0.6 is 11.6 Å². The Balaban J connectivity index is 1.95. The predicted octanol–water partition coefficient (Wildman–Crippen LogP) is 4.98. The summed E-state index contributed by atoms with van der Waals surface area (Å²) in [6.45, 7) is 0. The average Bonchev–Trinajstić information content (AvgIpc) is 2.55. The van der Waals surface area contributed by atoms with E-state index in [4.69, 9.17) is 16.3 Å². The molecule has 0 spiro atoms. The van der Waals surface area contributed by atoms with Gasteiger partial charge >= 0.3 is 0 Å². The largest absolute Gasteiger partial charge is 0.483 e. The SMILES string of the molecule is ClCC[C@H](Oc1cncc2ccccc12)c1ccccc1. The summed E-state index contributed by atoms with van der Waals surface area (Å²) in [6, 6.07) is 18.3. The van der Waals surface area contributed by atoms with Crippen molar-refractivity contribution < 1.29 is 4.74 Å². The van der Waals surface area contributed by atoms with E-state index >= 15 is 0 Å². The highest BCUT2D eigenvalue weighted by molar-refractivity contribution is 6.17. The third-order valence-electron chi connectivity index (χ3n) is 3.44. The lowest BCUT2D eigenvalue weighted by atomic mass is 10.1. The first kappa shape index (κ1) is 13.9. The van der Waals surface area contributed by atoms with Gasteiger partial charge in [0, 0.05) is 29.3 Å². The van der Waals surface area contributed by atoms with Crippen LogP contribution in [0, 0.1) is 0 Å². The van der Waals surface area contributed by atoms with E-state index in [9.17, 15) is 0 Å². The van der Waals surface area contributed by atoms with Crippen molar-refractivity contribution in [3.05, 3.63) is 72.6 Å². The van der Waals surface area contributed by atoms with Gasteiger partial charge in [-0.3, -0.25) is 4.98 Å². The van der Waals surface area contributed by atoms with Crippen LogP contribution in [0.5, 0.6) is 5.75 Å². The maximum atomic E-state index is 6.21. The van der Waals surface area contributed by atoms with Gasteiger partial charge in [0.2, 0.25) is 0 Å². The van der Waals surface area contributed by atoms with E-state index in [0.717, 1.165) is 28.5 Å². The molecule has 0 N–H and O–H groups in total. The van der Waals surface area contributed by atoms with Crippen LogP contribution in [-0.4, -0.2) is 10.9 Å². The summed E-state index contributed by atoms with van der Waals surface area (Å²) >= 11 is 5.93. The number of pyridine rings is 1. The third-order valence-corrected chi connectivity index (χ3v) is 3.66. The summed E-state index contributed by atoms with van der Waals surface area (Å²) in [4.78, 5) is 4.26. The maximum absolute atomic E-state index is 6.21. The summed E-state index contributed by atoms with van der Waals surface area (Å²) in [7, 11) is 0. The van der Waals surface area contributed by atoms with Crippen LogP contribution in [0.25, 0.3) is 10.8 Å². The number of nitrogens with zero attached hydrogens (tertiary/aromatic N) is 1. The molecular formula is C18H16ClNO. The number of hydrogen-bond acceptors (Lipinski definition) is 2. The number of fused-ring (bicyclic) bond motifs is 1. The van der Waals surface area contributed by atoms with Gasteiger partial charge in [-0.05, 0) is 5.56 Å². The maximum Gasteiger partial charge on any atom is 0.146 e. The Labute approximate surface area is 129 Å². The Kier molecular flexibility index (Phi) is 4.37. The Morgan fingerprint density at radius 2 is 1.71 bits per heavy atom. The second kappa shape index (κ2) is 6.59. The molecule has 0 amide bonds. The fraction of sp³-hybridized carbons (Fsp3) is 0.167. The van der Waals surface area contributed by atoms with Gasteiger partial charge in [0.25, 0.3) is 0 Å². The smallest absolute Gasteiger partial charge is 0.146 e. The molecule has 0 aliphatic carbocycles. The van der Waals surface area contributed by atoms with Crippen LogP contribution in [-0.2, 0) is 0 Å². The van der Waals surface area contributed by atoms with Gasteiger partial charge in [-0.25, -0.2) is 0 Å². The molecule has 2 nitrogen and oxygen atoms in total. The molecule has 0 aliphatic heterocycles. The second-order valence-corrected chi connectivity index (χ2v) is 5.23. The van der Waals surface area contributed by atoms with Gasteiger partial charge in [0.05, 0.1) is 6.20 Å². The molecule has 21 heavy (non-hydrogen) atoms. The molecule has 0 fully saturated rings. The van der Waals surface area contributed by atoms with Crippen LogP contribution < -0.4 is 4.74 Å². The van der Waals surface area contributed by atoms with Gasteiger partial charge < -0.3 is 4.74 Å². The van der Waals surface area contributed by atoms with Crippen molar-refractivity contribution in [2.75, 3.05) is 5.88 Å². The van der Waals surface area contributed by atoms with Crippen molar-refractivity contribution in [2.24, 2.45) is 0 Å². The van der Waals surface area contributed by atoms with Crippen LogP contribution in [0.15, 0.2) is 67.0 Å². The fourth-order valence-corrected chi connectivity index (χ4v) is 2.59. The van der Waals surface area contributed by atoms with Gasteiger partial charge in [0.1, 0.15) is 11.9 Å². The first-order valence-corrected chi connectivity index (χ1v) is 7.52. The summed E-state index contributed by atoms with van der Waals surface area (Å²) in [5.41, 5.74) is 1.13. The average molecular weight is 298 g/mol. The van der Waals surface area contributed by atoms with Gasteiger partial charge in [-0.15, -0.1) is 11.6 Å². The molecule has 1 atom stereocenters. The van der Waals surface area contributed by atoms with Crippen LogP contribution in [0.1, 0.15) is 18.1 Å². The number of benzene rings is 2. The zero-order chi connectivity index (χ0) is 14.5. The van der Waals surface area contributed by atoms with Gasteiger partial charge in [-0.1, -0.05) is 54.6 Å². The summed E-state index contributed by atoms with van der Waals surface area (Å²) in [6.07, 6.45) is 4.32. The molecule has 3 heteroatoms. The minimum atomic E-state index is -0.0590. The highest BCUT2D eigenvalue weighted by Gasteiger charge is 2.14. The van der Waals surface area contributed by atoms with E-state index < -0.39 is 0 Å². The molecule has 0 bridgehead atoms. The molecule has 2 aromatic carbocycles. The lowest BCUT2D eigenvalue weighted by Crippen LogP contribution is -2.08. The molecule has 0 aliphatic rings. The predicted molar refractivity (Wildman–Crippen MR) is 86.9 cm³/mol. The lowest BCUT2D eigenvalue weighted by molar-refractivity contribution is 0.204. The van der Waals surface area contributed by atoms with Crippen molar-refractivity contribution in [1.82, 2.24) is 4.98 Å². The van der Waals surface area contributed by atoms with Crippen LogP contribution in [0.2, 0.25) is 0 Å². The third kappa shape index (κ3) is 3.17. The van der Waals surface area contributed by atoms with E-state index in [1.54, 1.807) is 6.20 Å². The number of halogens is 1. The Bertz CT molecular complexity index is 709. The first-order valence-electron chi connectivity index (χ1n) is 6.99. The van der Waals surface area contributed by atoms with Crippen LogP contribution in [0.3, 0.4) is 0 Å². The highest BCUT2D eigenvalue weighted by Crippen LogP contribution is 2.30. The van der Waals surface area contributed by atoms with E-state index in [2.05, 4.69) is 23.2 Å². The summed E-state index contributed by atoms with van der Waals surface area (Å²) in [5, 5.41) is 2.15.